The van der Waals surface area contributed by atoms with Crippen molar-refractivity contribution in [2.45, 2.75) is 101 Å². The first-order valence-electron chi connectivity index (χ1n) is 12.8. The third-order valence-electron chi connectivity index (χ3n) is 5.27. The summed E-state index contributed by atoms with van der Waals surface area (Å²) in [7, 11) is -0.675. The summed E-state index contributed by atoms with van der Waals surface area (Å²) >= 11 is 0. The fourth-order valence-electron chi connectivity index (χ4n) is 3.02. The monoisotopic (exact) mass is 470 g/mol. The molecular weight excluding hydrogens is 419 g/mol. The summed E-state index contributed by atoms with van der Waals surface area (Å²) in [5, 5.41) is 0. The van der Waals surface area contributed by atoms with Crippen molar-refractivity contribution in [2.75, 3.05) is 19.8 Å². The minimum Gasteiger partial charge on any atom is -0.382 e. The first-order chi connectivity index (χ1) is 16.1. The maximum absolute atomic E-state index is 5.92. The van der Waals surface area contributed by atoms with Crippen molar-refractivity contribution >= 4 is 7.32 Å². The molecule has 0 N–H and O–H groups in total. The lowest BCUT2D eigenvalue weighted by Crippen LogP contribution is -2.28. The van der Waals surface area contributed by atoms with Gasteiger partial charge in [-0.2, -0.15) is 0 Å². The smallest absolute Gasteiger partial charge is 0.382 e. The van der Waals surface area contributed by atoms with Crippen LogP contribution < -0.4 is 0 Å². The molecule has 0 aliphatic heterocycles. The zero-order valence-corrected chi connectivity index (χ0v) is 23.6. The normalized spacial score (nSPS) is 12.4. The van der Waals surface area contributed by atoms with E-state index in [4.69, 9.17) is 14.0 Å². The molecule has 0 spiro atoms. The topological polar surface area (TPSA) is 27.7 Å². The molecule has 0 aromatic rings. The van der Waals surface area contributed by atoms with Gasteiger partial charge in [-0.3, -0.25) is 0 Å². The molecule has 192 valence electrons. The van der Waals surface area contributed by atoms with Crippen molar-refractivity contribution in [1.29, 1.82) is 0 Å². The van der Waals surface area contributed by atoms with E-state index in [0.29, 0.717) is 19.8 Å². The largest absolute Gasteiger partial charge is 0.640 e. The molecule has 0 aliphatic carbocycles. The Hall–Kier alpha value is -1.62. The summed E-state index contributed by atoms with van der Waals surface area (Å²) in [6.07, 6.45) is 19.5. The molecule has 0 heterocycles. The lowest BCUT2D eigenvalue weighted by Gasteiger charge is -2.13. The average molecular weight is 471 g/mol. The summed E-state index contributed by atoms with van der Waals surface area (Å²) in [5.74, 6) is 0. The van der Waals surface area contributed by atoms with Gasteiger partial charge in [0.05, 0.1) is 19.8 Å². The summed E-state index contributed by atoms with van der Waals surface area (Å²) in [5.41, 5.74) is 8.04. The van der Waals surface area contributed by atoms with Crippen LogP contribution in [0.3, 0.4) is 0 Å². The lowest BCUT2D eigenvalue weighted by atomic mass is 10.1. The number of allylic oxidation sites excluding steroid dienone is 9. The van der Waals surface area contributed by atoms with Crippen LogP contribution in [0, 0.1) is 0 Å². The Morgan fingerprint density at radius 3 is 0.941 bits per heavy atom. The molecule has 0 saturated heterocycles. The van der Waals surface area contributed by atoms with Crippen LogP contribution in [0.5, 0.6) is 0 Å². The molecule has 0 atom stereocenters. The summed E-state index contributed by atoms with van der Waals surface area (Å²) in [6.45, 7) is 20.7. The van der Waals surface area contributed by atoms with Crippen molar-refractivity contribution in [3.63, 3.8) is 0 Å². The van der Waals surface area contributed by atoms with Gasteiger partial charge in [-0.05, 0) is 101 Å². The van der Waals surface area contributed by atoms with Gasteiger partial charge in [-0.25, -0.2) is 0 Å². The molecular formula is C30H51BO3. The Balaban J connectivity index is 4.76. The number of hydrogen-bond donors (Lipinski definition) is 0. The second-order valence-electron chi connectivity index (χ2n) is 9.90. The molecule has 3 nitrogen and oxygen atoms in total. The molecule has 0 aliphatic rings. The Labute approximate surface area is 211 Å². The minimum absolute atomic E-state index is 0.484. The van der Waals surface area contributed by atoms with E-state index in [1.807, 2.05) is 0 Å². The highest BCUT2D eigenvalue weighted by Crippen LogP contribution is 2.10. The van der Waals surface area contributed by atoms with E-state index >= 15 is 0 Å². The van der Waals surface area contributed by atoms with Crippen LogP contribution in [0.25, 0.3) is 0 Å². The van der Waals surface area contributed by atoms with E-state index in [0.717, 1.165) is 38.5 Å². The standard InChI is InChI=1S/C30H51BO3/c1-25(2)13-10-16-28(7)19-22-32-31(33-23-20-29(8)17-11-14-26(3)4)34-24-21-30(9)18-12-15-27(5)6/h13-15,19-21H,10-12,16-18,22-24H2,1-9H3/b28-19-,29-20-,30-21+. The summed E-state index contributed by atoms with van der Waals surface area (Å²) in [6, 6.07) is 0. The molecule has 0 aromatic heterocycles. The SMILES string of the molecule is CC(C)=CCC/C(C)=C\COB(OC/C=C(/C)CCC=C(C)C)OC/C=C(\C)CCC=C(C)C. The van der Waals surface area contributed by atoms with Gasteiger partial charge in [0.25, 0.3) is 0 Å². The van der Waals surface area contributed by atoms with Crippen LogP contribution in [0.2, 0.25) is 0 Å². The fraction of sp³-hybridized carbons (Fsp3) is 0.600. The van der Waals surface area contributed by atoms with Crippen molar-refractivity contribution in [2.24, 2.45) is 0 Å². The van der Waals surface area contributed by atoms with Gasteiger partial charge >= 0.3 is 7.32 Å². The zero-order chi connectivity index (χ0) is 25.8. The van der Waals surface area contributed by atoms with Crippen molar-refractivity contribution in [3.05, 3.63) is 69.9 Å². The molecule has 0 saturated carbocycles. The number of rotatable bonds is 18. The minimum atomic E-state index is -0.675. The second-order valence-corrected chi connectivity index (χ2v) is 9.90. The van der Waals surface area contributed by atoms with Crippen LogP contribution in [0.15, 0.2) is 69.9 Å². The third kappa shape index (κ3) is 22.2. The Kier molecular flexibility index (Phi) is 19.7. The molecule has 34 heavy (non-hydrogen) atoms. The Bertz CT molecular complexity index is 626. The predicted octanol–water partition coefficient (Wildman–Crippen LogP) is 9.10. The van der Waals surface area contributed by atoms with Crippen molar-refractivity contribution in [3.8, 4) is 0 Å². The predicted molar refractivity (Wildman–Crippen MR) is 151 cm³/mol. The highest BCUT2D eigenvalue weighted by Gasteiger charge is 2.19. The first-order valence-corrected chi connectivity index (χ1v) is 12.8. The van der Waals surface area contributed by atoms with Gasteiger partial charge in [-0.15, -0.1) is 0 Å². The summed E-state index contributed by atoms with van der Waals surface area (Å²) < 4.78 is 17.7. The molecule has 0 aromatic carbocycles. The van der Waals surface area contributed by atoms with Crippen LogP contribution >= 0.6 is 0 Å². The van der Waals surface area contributed by atoms with E-state index in [2.05, 4.69) is 98.8 Å². The van der Waals surface area contributed by atoms with E-state index < -0.39 is 7.32 Å². The maximum Gasteiger partial charge on any atom is 0.640 e. The number of hydrogen-bond acceptors (Lipinski definition) is 3. The van der Waals surface area contributed by atoms with Crippen molar-refractivity contribution < 1.29 is 14.0 Å². The second kappa shape index (κ2) is 20.7. The van der Waals surface area contributed by atoms with Crippen LogP contribution in [0.1, 0.15) is 101 Å². The highest BCUT2D eigenvalue weighted by atomic mass is 16.7. The maximum atomic E-state index is 5.92. The molecule has 0 bridgehead atoms. The van der Waals surface area contributed by atoms with Crippen LogP contribution in [-0.2, 0) is 14.0 Å². The van der Waals surface area contributed by atoms with Crippen LogP contribution in [-0.4, -0.2) is 27.1 Å². The quantitative estimate of drug-likeness (QED) is 0.148. The summed E-state index contributed by atoms with van der Waals surface area (Å²) in [4.78, 5) is 0. The van der Waals surface area contributed by atoms with Gasteiger partial charge in [0.15, 0.2) is 0 Å². The van der Waals surface area contributed by atoms with E-state index in [1.54, 1.807) is 0 Å². The van der Waals surface area contributed by atoms with E-state index in [-0.39, 0.29) is 0 Å². The van der Waals surface area contributed by atoms with E-state index in [1.165, 1.54) is 33.4 Å². The van der Waals surface area contributed by atoms with Gasteiger partial charge in [0.2, 0.25) is 0 Å². The third-order valence-corrected chi connectivity index (χ3v) is 5.27. The Morgan fingerprint density at radius 1 is 0.441 bits per heavy atom. The van der Waals surface area contributed by atoms with E-state index in [9.17, 15) is 0 Å². The Morgan fingerprint density at radius 2 is 0.706 bits per heavy atom. The van der Waals surface area contributed by atoms with Crippen molar-refractivity contribution in [1.82, 2.24) is 0 Å². The first kappa shape index (κ1) is 32.4. The molecule has 0 rings (SSSR count). The molecule has 0 unspecified atom stereocenters. The zero-order valence-electron chi connectivity index (χ0n) is 23.6. The molecule has 0 fully saturated rings. The highest BCUT2D eigenvalue weighted by molar-refractivity contribution is 6.36. The fourth-order valence-corrected chi connectivity index (χ4v) is 3.02. The average Bonchev–Trinajstić information content (AvgIpc) is 2.72. The van der Waals surface area contributed by atoms with Gasteiger partial charge < -0.3 is 14.0 Å². The van der Waals surface area contributed by atoms with Gasteiger partial charge in [-0.1, -0.05) is 69.9 Å². The van der Waals surface area contributed by atoms with Crippen LogP contribution in [0.4, 0.5) is 0 Å². The van der Waals surface area contributed by atoms with Gasteiger partial charge in [0, 0.05) is 0 Å². The molecule has 0 amide bonds. The van der Waals surface area contributed by atoms with Gasteiger partial charge in [0.1, 0.15) is 0 Å². The lowest BCUT2D eigenvalue weighted by molar-refractivity contribution is 0.122. The molecule has 4 heteroatoms. The molecule has 0 radical (unpaired) electrons.